The molecule has 4 aromatic heterocycles. The topological polar surface area (TPSA) is 116 Å². The van der Waals surface area contributed by atoms with Gasteiger partial charge in [0, 0.05) is 53.9 Å². The smallest absolute Gasteiger partial charge is 0.202 e. The Labute approximate surface area is 260 Å². The number of rotatable bonds is 6. The zero-order valence-corrected chi connectivity index (χ0v) is 24.9. The van der Waals surface area contributed by atoms with Crippen molar-refractivity contribution >= 4 is 0 Å². The van der Waals surface area contributed by atoms with E-state index in [1.807, 2.05) is 36.4 Å². The van der Waals surface area contributed by atoms with Crippen LogP contribution in [0.4, 0.5) is 0 Å². The predicted octanol–water partition coefficient (Wildman–Crippen LogP) is 7.17. The molecule has 0 aliphatic heterocycles. The van der Waals surface area contributed by atoms with Crippen LogP contribution >= 0.6 is 0 Å². The molecule has 0 saturated heterocycles. The summed E-state index contributed by atoms with van der Waals surface area (Å²) in [6, 6.07) is 24.6. The van der Waals surface area contributed by atoms with E-state index in [1.165, 1.54) is 16.7 Å². The molecule has 0 bridgehead atoms. The zero-order chi connectivity index (χ0) is 30.8. The maximum atomic E-state index is 4.67. The standard InChI is InChI=1S/C36H27N9/c1-22-4-10-25(11-5-22)28-16-37-31(38-17-28)34-43-35(32-39-18-29(19-40-32)26-12-6-23(2)7-13-26)45-36(44-34)33-41-20-30(21-42-33)27-14-8-24(3)9-15-27/h4-21H,1-3H3. The van der Waals surface area contributed by atoms with E-state index in [1.54, 1.807) is 37.2 Å². The second kappa shape index (κ2) is 11.9. The first kappa shape index (κ1) is 27.7. The van der Waals surface area contributed by atoms with E-state index in [0.717, 1.165) is 33.4 Å². The van der Waals surface area contributed by atoms with Gasteiger partial charge in [0.2, 0.25) is 17.5 Å². The van der Waals surface area contributed by atoms with Crippen LogP contribution in [0.25, 0.3) is 68.3 Å². The average Bonchev–Trinajstić information content (AvgIpc) is 3.09. The lowest BCUT2D eigenvalue weighted by Crippen LogP contribution is -2.05. The molecule has 0 atom stereocenters. The number of aromatic nitrogens is 9. The summed E-state index contributed by atoms with van der Waals surface area (Å²) in [7, 11) is 0. The van der Waals surface area contributed by atoms with Crippen LogP contribution in [0.2, 0.25) is 0 Å². The average molecular weight is 586 g/mol. The van der Waals surface area contributed by atoms with E-state index in [9.17, 15) is 0 Å². The Morgan fingerprint density at radius 3 is 0.711 bits per heavy atom. The molecule has 7 rings (SSSR count). The third kappa shape index (κ3) is 6.05. The van der Waals surface area contributed by atoms with Crippen molar-refractivity contribution in [2.75, 3.05) is 0 Å². The second-order valence-corrected chi connectivity index (χ2v) is 10.8. The Morgan fingerprint density at radius 1 is 0.267 bits per heavy atom. The predicted molar refractivity (Wildman–Crippen MR) is 173 cm³/mol. The van der Waals surface area contributed by atoms with E-state index in [0.29, 0.717) is 17.5 Å². The lowest BCUT2D eigenvalue weighted by molar-refractivity contribution is 0.984. The molecule has 45 heavy (non-hydrogen) atoms. The maximum Gasteiger partial charge on any atom is 0.202 e. The van der Waals surface area contributed by atoms with Crippen molar-refractivity contribution in [3.05, 3.63) is 127 Å². The summed E-state index contributed by atoms with van der Waals surface area (Å²) in [6.07, 6.45) is 10.6. The van der Waals surface area contributed by atoms with Crippen LogP contribution in [0.15, 0.2) is 110 Å². The van der Waals surface area contributed by atoms with Crippen LogP contribution in [-0.4, -0.2) is 44.9 Å². The van der Waals surface area contributed by atoms with Crippen molar-refractivity contribution in [1.29, 1.82) is 0 Å². The van der Waals surface area contributed by atoms with E-state index in [2.05, 4.69) is 102 Å². The number of nitrogens with zero attached hydrogens (tertiary/aromatic N) is 9. The van der Waals surface area contributed by atoms with Gasteiger partial charge in [-0.05, 0) is 37.5 Å². The maximum absolute atomic E-state index is 4.67. The summed E-state index contributed by atoms with van der Waals surface area (Å²) in [5.41, 5.74) is 9.28. The molecule has 9 heteroatoms. The normalized spacial score (nSPS) is 11.0. The minimum atomic E-state index is 0.267. The largest absolute Gasteiger partial charge is 0.233 e. The van der Waals surface area contributed by atoms with Crippen LogP contribution in [-0.2, 0) is 0 Å². The minimum Gasteiger partial charge on any atom is -0.233 e. The van der Waals surface area contributed by atoms with Gasteiger partial charge in [-0.1, -0.05) is 89.5 Å². The number of aryl methyl sites for hydroxylation is 3. The van der Waals surface area contributed by atoms with Gasteiger partial charge >= 0.3 is 0 Å². The molecule has 0 saturated carbocycles. The van der Waals surface area contributed by atoms with Crippen LogP contribution < -0.4 is 0 Å². The highest BCUT2D eigenvalue weighted by Gasteiger charge is 2.17. The molecular weight excluding hydrogens is 558 g/mol. The van der Waals surface area contributed by atoms with Gasteiger partial charge in [0.1, 0.15) is 0 Å². The van der Waals surface area contributed by atoms with Gasteiger partial charge in [0.25, 0.3) is 0 Å². The molecule has 0 unspecified atom stereocenters. The molecule has 0 aliphatic carbocycles. The molecule has 0 fully saturated rings. The van der Waals surface area contributed by atoms with Crippen molar-refractivity contribution in [3.8, 4) is 68.3 Å². The van der Waals surface area contributed by atoms with E-state index in [-0.39, 0.29) is 17.5 Å². The highest BCUT2D eigenvalue weighted by Crippen LogP contribution is 2.25. The molecule has 3 aromatic carbocycles. The van der Waals surface area contributed by atoms with Crippen LogP contribution in [0.5, 0.6) is 0 Å². The Balaban J connectivity index is 1.27. The molecule has 9 nitrogen and oxygen atoms in total. The summed E-state index contributed by atoms with van der Waals surface area (Å²) >= 11 is 0. The minimum absolute atomic E-state index is 0.267. The van der Waals surface area contributed by atoms with Gasteiger partial charge < -0.3 is 0 Å². The van der Waals surface area contributed by atoms with Crippen molar-refractivity contribution in [1.82, 2.24) is 44.9 Å². The molecule has 4 heterocycles. The third-order valence-corrected chi connectivity index (χ3v) is 7.35. The van der Waals surface area contributed by atoms with Crippen LogP contribution in [0, 0.1) is 20.8 Å². The van der Waals surface area contributed by atoms with E-state index in [4.69, 9.17) is 0 Å². The van der Waals surface area contributed by atoms with Crippen molar-refractivity contribution in [2.45, 2.75) is 20.8 Å². The Kier molecular flexibility index (Phi) is 7.33. The summed E-state index contributed by atoms with van der Waals surface area (Å²) in [5.74, 6) is 1.81. The van der Waals surface area contributed by atoms with E-state index < -0.39 is 0 Å². The van der Waals surface area contributed by atoms with Crippen LogP contribution in [0.1, 0.15) is 16.7 Å². The molecular formula is C36H27N9. The van der Waals surface area contributed by atoms with Gasteiger partial charge in [-0.15, -0.1) is 0 Å². The van der Waals surface area contributed by atoms with Crippen molar-refractivity contribution in [3.63, 3.8) is 0 Å². The van der Waals surface area contributed by atoms with E-state index >= 15 is 0 Å². The van der Waals surface area contributed by atoms with Crippen LogP contribution in [0.3, 0.4) is 0 Å². The fourth-order valence-corrected chi connectivity index (χ4v) is 4.69. The van der Waals surface area contributed by atoms with Gasteiger partial charge in [-0.25, -0.2) is 44.9 Å². The molecule has 7 aromatic rings. The van der Waals surface area contributed by atoms with Gasteiger partial charge in [0.15, 0.2) is 17.5 Å². The van der Waals surface area contributed by atoms with Gasteiger partial charge in [-0.2, -0.15) is 0 Å². The highest BCUT2D eigenvalue weighted by atomic mass is 15.1. The number of hydrogen-bond acceptors (Lipinski definition) is 9. The second-order valence-electron chi connectivity index (χ2n) is 10.8. The lowest BCUT2D eigenvalue weighted by atomic mass is 10.1. The first-order valence-electron chi connectivity index (χ1n) is 14.4. The summed E-state index contributed by atoms with van der Waals surface area (Å²) < 4.78 is 0. The van der Waals surface area contributed by atoms with Crippen molar-refractivity contribution < 1.29 is 0 Å². The molecule has 216 valence electrons. The first-order valence-corrected chi connectivity index (χ1v) is 14.4. The molecule has 0 aliphatic rings. The molecule has 0 radical (unpaired) electrons. The fourth-order valence-electron chi connectivity index (χ4n) is 4.69. The zero-order valence-electron chi connectivity index (χ0n) is 24.9. The third-order valence-electron chi connectivity index (χ3n) is 7.35. The summed E-state index contributed by atoms with van der Waals surface area (Å²) in [5, 5.41) is 0. The van der Waals surface area contributed by atoms with Gasteiger partial charge in [0.05, 0.1) is 0 Å². The van der Waals surface area contributed by atoms with Gasteiger partial charge in [-0.3, -0.25) is 0 Å². The Morgan fingerprint density at radius 2 is 0.489 bits per heavy atom. The highest BCUT2D eigenvalue weighted by molar-refractivity contribution is 5.66. The monoisotopic (exact) mass is 585 g/mol. The first-order chi connectivity index (χ1) is 22.0. The SMILES string of the molecule is Cc1ccc(-c2cnc(-c3nc(-c4ncc(-c5ccc(C)cc5)cn4)nc(-c4ncc(-c5ccc(C)cc5)cn4)n3)nc2)cc1. The Hall–Kier alpha value is -6.09. The molecule has 0 N–H and O–H groups in total. The lowest BCUT2D eigenvalue weighted by Gasteiger charge is -2.08. The quantitative estimate of drug-likeness (QED) is 0.200. The summed E-state index contributed by atoms with van der Waals surface area (Å²) in [4.78, 5) is 41.6. The fraction of sp³-hybridized carbons (Fsp3) is 0.0833. The molecule has 0 amide bonds. The number of hydrogen-bond donors (Lipinski definition) is 0. The van der Waals surface area contributed by atoms with Crippen molar-refractivity contribution in [2.24, 2.45) is 0 Å². The number of benzene rings is 3. The summed E-state index contributed by atoms with van der Waals surface area (Å²) in [6.45, 7) is 6.16. The molecule has 0 spiro atoms. The Bertz CT molecular complexity index is 1820.